The molecule has 2 amide bonds. The summed E-state index contributed by atoms with van der Waals surface area (Å²) in [5, 5.41) is 2.41. The van der Waals surface area contributed by atoms with Crippen molar-refractivity contribution in [3.05, 3.63) is 102 Å². The molecule has 4 heterocycles. The molecule has 0 aliphatic carbocycles. The number of nitrogens with one attached hydrogen (secondary N) is 2. The van der Waals surface area contributed by atoms with E-state index in [0.29, 0.717) is 37.5 Å². The Labute approximate surface area is 249 Å². The zero-order valence-electron chi connectivity index (χ0n) is 24.1. The van der Waals surface area contributed by atoms with E-state index in [-0.39, 0.29) is 23.7 Å². The van der Waals surface area contributed by atoms with Gasteiger partial charge >= 0.3 is 5.97 Å². The van der Waals surface area contributed by atoms with Gasteiger partial charge in [-0.15, -0.1) is 0 Å². The molecule has 0 saturated carbocycles. The van der Waals surface area contributed by atoms with E-state index in [4.69, 9.17) is 4.74 Å². The van der Waals surface area contributed by atoms with E-state index in [1.165, 1.54) is 21.9 Å². The molecule has 8 heteroatoms. The van der Waals surface area contributed by atoms with Crippen LogP contribution in [-0.4, -0.2) is 58.9 Å². The maximum Gasteiger partial charge on any atom is 0.338 e. The number of esters is 1. The van der Waals surface area contributed by atoms with Crippen LogP contribution >= 0.6 is 0 Å². The number of anilines is 1. The summed E-state index contributed by atoms with van der Waals surface area (Å²) < 4.78 is 5.06. The third kappa shape index (κ3) is 4.58. The number of ether oxygens (including phenoxy) is 1. The number of para-hydroxylation sites is 2. The van der Waals surface area contributed by atoms with Crippen LogP contribution in [0.15, 0.2) is 85.2 Å². The Kier molecular flexibility index (Phi) is 6.76. The average molecular weight is 575 g/mol. The summed E-state index contributed by atoms with van der Waals surface area (Å²) in [4.78, 5) is 49.4. The summed E-state index contributed by atoms with van der Waals surface area (Å²) in [6, 6.07) is 23.6. The van der Waals surface area contributed by atoms with Crippen LogP contribution in [-0.2, 0) is 19.7 Å². The summed E-state index contributed by atoms with van der Waals surface area (Å²) >= 11 is 0. The fourth-order valence-electron chi connectivity index (χ4n) is 7.10. The SMILES string of the molecule is CCOC(=O)c1ccc(N2CC(C(=O)N3CCC(c4c[nH]c5ccccc45)(c4c[nH]c5ccccc45)CC3)CC2=O)cc1. The molecule has 1 unspecified atom stereocenters. The number of amides is 2. The summed E-state index contributed by atoms with van der Waals surface area (Å²) in [5.74, 6) is -0.834. The monoisotopic (exact) mass is 574 g/mol. The zero-order chi connectivity index (χ0) is 29.6. The largest absolute Gasteiger partial charge is 0.462 e. The first-order valence-corrected chi connectivity index (χ1v) is 15.0. The zero-order valence-corrected chi connectivity index (χ0v) is 24.1. The van der Waals surface area contributed by atoms with Gasteiger partial charge in [0.1, 0.15) is 0 Å². The normalized spacial score (nSPS) is 18.4. The molecule has 2 aliphatic rings. The molecular formula is C35H34N4O4. The highest BCUT2D eigenvalue weighted by Gasteiger charge is 2.44. The molecular weight excluding hydrogens is 540 g/mol. The lowest BCUT2D eigenvalue weighted by atomic mass is 9.67. The van der Waals surface area contributed by atoms with Crippen LogP contribution in [0.1, 0.15) is 47.7 Å². The Morgan fingerprint density at radius 2 is 1.44 bits per heavy atom. The van der Waals surface area contributed by atoms with E-state index in [2.05, 4.69) is 58.8 Å². The molecule has 1 atom stereocenters. The Morgan fingerprint density at radius 1 is 0.860 bits per heavy atom. The molecule has 7 rings (SSSR count). The molecule has 3 aromatic carbocycles. The van der Waals surface area contributed by atoms with Crippen molar-refractivity contribution in [2.45, 2.75) is 31.6 Å². The Balaban J connectivity index is 1.12. The minimum Gasteiger partial charge on any atom is -0.462 e. The van der Waals surface area contributed by atoms with Gasteiger partial charge in [-0.05, 0) is 67.3 Å². The van der Waals surface area contributed by atoms with Crippen molar-refractivity contribution >= 4 is 45.3 Å². The van der Waals surface area contributed by atoms with Crippen molar-refractivity contribution < 1.29 is 19.1 Å². The molecule has 2 fully saturated rings. The third-order valence-electron chi connectivity index (χ3n) is 9.30. The number of piperidine rings is 1. The number of H-pyrrole nitrogens is 2. The molecule has 8 nitrogen and oxygen atoms in total. The van der Waals surface area contributed by atoms with Gasteiger partial charge in [-0.25, -0.2) is 4.79 Å². The molecule has 0 spiro atoms. The third-order valence-corrected chi connectivity index (χ3v) is 9.30. The van der Waals surface area contributed by atoms with Crippen molar-refractivity contribution in [2.75, 3.05) is 31.1 Å². The minimum atomic E-state index is -0.397. The number of carbonyl (C=O) groups excluding carboxylic acids is 3. The van der Waals surface area contributed by atoms with Crippen LogP contribution in [0.25, 0.3) is 21.8 Å². The second kappa shape index (κ2) is 10.8. The molecule has 2 aromatic heterocycles. The van der Waals surface area contributed by atoms with E-state index < -0.39 is 11.9 Å². The second-order valence-electron chi connectivity index (χ2n) is 11.6. The molecule has 2 N–H and O–H groups in total. The maximum atomic E-state index is 13.8. The van der Waals surface area contributed by atoms with Crippen LogP contribution in [0, 0.1) is 5.92 Å². The predicted molar refractivity (Wildman–Crippen MR) is 166 cm³/mol. The quantitative estimate of drug-likeness (QED) is 0.251. The van der Waals surface area contributed by atoms with Gasteiger partial charge in [0.25, 0.3) is 0 Å². The van der Waals surface area contributed by atoms with Crippen LogP contribution in [0.3, 0.4) is 0 Å². The first-order valence-electron chi connectivity index (χ1n) is 15.0. The first-order chi connectivity index (χ1) is 21.0. The first kappa shape index (κ1) is 27.0. The number of hydrogen-bond donors (Lipinski definition) is 2. The summed E-state index contributed by atoms with van der Waals surface area (Å²) in [6.07, 6.45) is 6.03. The average Bonchev–Trinajstić information content (AvgIpc) is 3.78. The number of fused-ring (bicyclic) bond motifs is 2. The molecule has 218 valence electrons. The Bertz CT molecular complexity index is 1750. The fraction of sp³-hybridized carbons (Fsp3) is 0.286. The molecule has 0 radical (unpaired) electrons. The van der Waals surface area contributed by atoms with Gasteiger partial charge in [0.2, 0.25) is 11.8 Å². The summed E-state index contributed by atoms with van der Waals surface area (Å²) in [7, 11) is 0. The Morgan fingerprint density at radius 3 is 2.02 bits per heavy atom. The molecule has 2 saturated heterocycles. The smallest absolute Gasteiger partial charge is 0.338 e. The van der Waals surface area contributed by atoms with E-state index in [1.807, 2.05) is 17.0 Å². The van der Waals surface area contributed by atoms with E-state index in [1.54, 1.807) is 36.1 Å². The number of aromatic amines is 2. The van der Waals surface area contributed by atoms with Crippen LogP contribution in [0.4, 0.5) is 5.69 Å². The van der Waals surface area contributed by atoms with Crippen molar-refractivity contribution in [3.8, 4) is 0 Å². The predicted octanol–water partition coefficient (Wildman–Crippen LogP) is 5.79. The number of nitrogens with zero attached hydrogens (tertiary/aromatic N) is 2. The second-order valence-corrected chi connectivity index (χ2v) is 11.6. The molecule has 43 heavy (non-hydrogen) atoms. The van der Waals surface area contributed by atoms with E-state index in [0.717, 1.165) is 23.9 Å². The van der Waals surface area contributed by atoms with Crippen molar-refractivity contribution in [2.24, 2.45) is 5.92 Å². The lowest BCUT2D eigenvalue weighted by molar-refractivity contribution is -0.137. The number of rotatable bonds is 6. The summed E-state index contributed by atoms with van der Waals surface area (Å²) in [5.41, 5.74) is 5.58. The van der Waals surface area contributed by atoms with Crippen LogP contribution < -0.4 is 4.90 Å². The van der Waals surface area contributed by atoms with Crippen LogP contribution in [0.5, 0.6) is 0 Å². The van der Waals surface area contributed by atoms with Gasteiger partial charge in [0.15, 0.2) is 0 Å². The highest BCUT2D eigenvalue weighted by molar-refractivity contribution is 6.01. The molecule has 0 bridgehead atoms. The van der Waals surface area contributed by atoms with Gasteiger partial charge in [-0.3, -0.25) is 9.59 Å². The fourth-order valence-corrected chi connectivity index (χ4v) is 7.10. The van der Waals surface area contributed by atoms with Gasteiger partial charge in [0.05, 0.1) is 18.1 Å². The maximum absolute atomic E-state index is 13.8. The van der Waals surface area contributed by atoms with Gasteiger partial charge in [-0.2, -0.15) is 0 Å². The molecule has 5 aromatic rings. The number of aromatic nitrogens is 2. The van der Waals surface area contributed by atoms with Gasteiger partial charge in [-0.1, -0.05) is 36.4 Å². The lowest BCUT2D eigenvalue weighted by Crippen LogP contribution is -2.47. The Hall–Kier alpha value is -4.85. The van der Waals surface area contributed by atoms with Crippen molar-refractivity contribution in [1.82, 2.24) is 14.9 Å². The van der Waals surface area contributed by atoms with Gasteiger partial charge < -0.3 is 24.5 Å². The van der Waals surface area contributed by atoms with E-state index >= 15 is 0 Å². The number of hydrogen-bond acceptors (Lipinski definition) is 4. The number of benzene rings is 3. The standard InChI is InChI=1S/C35H34N4O4/c1-2-43-34(42)23-11-13-25(14-12-23)39-22-24(19-32(39)40)33(41)38-17-15-35(16-18-38,28-20-36-30-9-5-3-7-26(28)30)29-21-37-31-10-6-4-8-27(29)31/h3-14,20-21,24,36-37H,2,15-19,22H2,1H3. The number of carbonyl (C=O) groups is 3. The number of likely N-dealkylation sites (tertiary alicyclic amines) is 1. The van der Waals surface area contributed by atoms with E-state index in [9.17, 15) is 14.4 Å². The summed E-state index contributed by atoms with van der Waals surface area (Å²) in [6.45, 7) is 3.62. The lowest BCUT2D eigenvalue weighted by Gasteiger charge is -2.43. The van der Waals surface area contributed by atoms with Crippen molar-refractivity contribution in [1.29, 1.82) is 0 Å². The highest BCUT2D eigenvalue weighted by Crippen LogP contribution is 2.47. The highest BCUT2D eigenvalue weighted by atomic mass is 16.5. The topological polar surface area (TPSA) is 98.5 Å². The van der Waals surface area contributed by atoms with Crippen molar-refractivity contribution in [3.63, 3.8) is 0 Å². The molecule has 2 aliphatic heterocycles. The minimum absolute atomic E-state index is 0.0328. The van der Waals surface area contributed by atoms with Crippen LogP contribution in [0.2, 0.25) is 0 Å². The van der Waals surface area contributed by atoms with Gasteiger partial charge in [0, 0.05) is 71.4 Å².